The zero-order valence-corrected chi connectivity index (χ0v) is 12.5. The van der Waals surface area contributed by atoms with Crippen molar-refractivity contribution >= 4 is 11.2 Å². The Bertz CT molecular complexity index is 624. The Kier molecular flexibility index (Phi) is 3.39. The van der Waals surface area contributed by atoms with Crippen molar-refractivity contribution in [3.8, 4) is 0 Å². The van der Waals surface area contributed by atoms with Crippen molar-refractivity contribution in [2.24, 2.45) is 0 Å². The third-order valence-electron chi connectivity index (χ3n) is 4.75. The van der Waals surface area contributed by atoms with Gasteiger partial charge in [-0.25, -0.2) is 9.97 Å². The first-order chi connectivity index (χ1) is 10.3. The Labute approximate surface area is 124 Å². The summed E-state index contributed by atoms with van der Waals surface area (Å²) in [6.07, 6.45) is 6.56. The van der Waals surface area contributed by atoms with Crippen LogP contribution in [0.4, 0.5) is 0 Å². The van der Waals surface area contributed by atoms with Gasteiger partial charge in [-0.05, 0) is 58.0 Å². The minimum absolute atomic E-state index is 0.152. The van der Waals surface area contributed by atoms with Crippen LogP contribution in [-0.4, -0.2) is 46.2 Å². The summed E-state index contributed by atoms with van der Waals surface area (Å²) >= 11 is 0. The van der Waals surface area contributed by atoms with Gasteiger partial charge in [0, 0.05) is 18.8 Å². The van der Waals surface area contributed by atoms with Crippen LogP contribution in [0.1, 0.15) is 43.7 Å². The standard InChI is InChI=1S/C16H22N4O/c1-19-9-6-12(7-10-19)20-15-13(4-2-8-17-15)18-16(20)14-5-3-11-21-14/h2,4,8,12,14H,3,5-7,9-11H2,1H3. The maximum absolute atomic E-state index is 5.90. The number of hydrogen-bond acceptors (Lipinski definition) is 4. The van der Waals surface area contributed by atoms with Crippen LogP contribution in [0.2, 0.25) is 0 Å². The lowest BCUT2D eigenvalue weighted by molar-refractivity contribution is 0.0982. The van der Waals surface area contributed by atoms with E-state index < -0.39 is 0 Å². The third kappa shape index (κ3) is 2.34. The third-order valence-corrected chi connectivity index (χ3v) is 4.75. The van der Waals surface area contributed by atoms with Crippen LogP contribution >= 0.6 is 0 Å². The van der Waals surface area contributed by atoms with Gasteiger partial charge in [-0.2, -0.15) is 0 Å². The second-order valence-electron chi connectivity index (χ2n) is 6.22. The highest BCUT2D eigenvalue weighted by Gasteiger charge is 2.29. The molecule has 2 aliphatic rings. The van der Waals surface area contributed by atoms with Crippen molar-refractivity contribution in [3.05, 3.63) is 24.2 Å². The van der Waals surface area contributed by atoms with E-state index >= 15 is 0 Å². The first kappa shape index (κ1) is 13.2. The summed E-state index contributed by atoms with van der Waals surface area (Å²) in [4.78, 5) is 11.8. The van der Waals surface area contributed by atoms with Crippen LogP contribution < -0.4 is 0 Å². The number of pyridine rings is 1. The van der Waals surface area contributed by atoms with Crippen molar-refractivity contribution in [2.75, 3.05) is 26.7 Å². The van der Waals surface area contributed by atoms with E-state index in [2.05, 4.69) is 27.6 Å². The van der Waals surface area contributed by atoms with Crippen LogP contribution in [0, 0.1) is 0 Å². The molecule has 112 valence electrons. The first-order valence-corrected chi connectivity index (χ1v) is 7.96. The summed E-state index contributed by atoms with van der Waals surface area (Å²) in [6, 6.07) is 4.53. The van der Waals surface area contributed by atoms with Crippen LogP contribution in [0.5, 0.6) is 0 Å². The summed E-state index contributed by atoms with van der Waals surface area (Å²) < 4.78 is 8.27. The molecule has 0 saturated carbocycles. The van der Waals surface area contributed by atoms with Crippen molar-refractivity contribution in [1.29, 1.82) is 0 Å². The van der Waals surface area contributed by atoms with Gasteiger partial charge in [-0.15, -0.1) is 0 Å². The number of nitrogens with zero attached hydrogens (tertiary/aromatic N) is 4. The molecular formula is C16H22N4O. The molecule has 21 heavy (non-hydrogen) atoms. The van der Waals surface area contributed by atoms with Crippen LogP contribution in [-0.2, 0) is 4.74 Å². The summed E-state index contributed by atoms with van der Waals surface area (Å²) in [5, 5.41) is 0. The Morgan fingerprint density at radius 2 is 2.10 bits per heavy atom. The number of ether oxygens (including phenoxy) is 1. The van der Waals surface area contributed by atoms with Crippen molar-refractivity contribution in [3.63, 3.8) is 0 Å². The average molecular weight is 286 g/mol. The number of imidazole rings is 1. The fourth-order valence-electron chi connectivity index (χ4n) is 3.57. The Balaban J connectivity index is 1.78. The Morgan fingerprint density at radius 1 is 1.24 bits per heavy atom. The molecule has 0 spiro atoms. The molecule has 2 saturated heterocycles. The number of aromatic nitrogens is 3. The number of likely N-dealkylation sites (tertiary alicyclic amines) is 1. The molecule has 5 nitrogen and oxygen atoms in total. The van der Waals surface area contributed by atoms with E-state index in [9.17, 15) is 0 Å². The molecule has 0 amide bonds. The summed E-state index contributed by atoms with van der Waals surface area (Å²) in [5.41, 5.74) is 2.03. The second-order valence-corrected chi connectivity index (χ2v) is 6.22. The van der Waals surface area contributed by atoms with E-state index in [1.54, 1.807) is 0 Å². The predicted molar refractivity (Wildman–Crippen MR) is 81.2 cm³/mol. The lowest BCUT2D eigenvalue weighted by atomic mass is 10.0. The molecule has 2 aromatic heterocycles. The predicted octanol–water partition coefficient (Wildman–Crippen LogP) is 2.55. The molecule has 0 bridgehead atoms. The molecule has 1 unspecified atom stereocenters. The van der Waals surface area contributed by atoms with Gasteiger partial charge < -0.3 is 14.2 Å². The summed E-state index contributed by atoms with van der Waals surface area (Å²) in [6.45, 7) is 3.14. The van der Waals surface area contributed by atoms with Crippen LogP contribution in [0.25, 0.3) is 11.2 Å². The minimum atomic E-state index is 0.152. The SMILES string of the molecule is CN1CCC(n2c(C3CCCO3)nc3cccnc32)CC1. The van der Waals surface area contributed by atoms with Gasteiger partial charge in [0.05, 0.1) is 0 Å². The smallest absolute Gasteiger partial charge is 0.160 e. The summed E-state index contributed by atoms with van der Waals surface area (Å²) in [7, 11) is 2.20. The zero-order chi connectivity index (χ0) is 14.2. The number of hydrogen-bond donors (Lipinski definition) is 0. The molecule has 4 rings (SSSR count). The molecule has 0 N–H and O–H groups in total. The van der Waals surface area contributed by atoms with Crippen LogP contribution in [0.15, 0.2) is 18.3 Å². The molecule has 0 aromatic carbocycles. The van der Waals surface area contributed by atoms with E-state index in [1.165, 1.54) is 0 Å². The normalized spacial score (nSPS) is 24.9. The van der Waals surface area contributed by atoms with E-state index in [4.69, 9.17) is 9.72 Å². The van der Waals surface area contributed by atoms with E-state index in [0.717, 1.165) is 62.4 Å². The highest BCUT2D eigenvalue weighted by atomic mass is 16.5. The van der Waals surface area contributed by atoms with Gasteiger partial charge in [-0.1, -0.05) is 0 Å². The molecule has 2 fully saturated rings. The largest absolute Gasteiger partial charge is 0.370 e. The summed E-state index contributed by atoms with van der Waals surface area (Å²) in [5.74, 6) is 1.09. The first-order valence-electron chi connectivity index (χ1n) is 7.96. The van der Waals surface area contributed by atoms with Crippen LogP contribution in [0.3, 0.4) is 0 Å². The van der Waals surface area contributed by atoms with E-state index in [0.29, 0.717) is 6.04 Å². The van der Waals surface area contributed by atoms with Gasteiger partial charge in [0.25, 0.3) is 0 Å². The maximum Gasteiger partial charge on any atom is 0.160 e. The molecule has 0 radical (unpaired) electrons. The van der Waals surface area contributed by atoms with Crippen molar-refractivity contribution < 1.29 is 4.74 Å². The average Bonchev–Trinajstić information content (AvgIpc) is 3.15. The molecule has 5 heteroatoms. The quantitative estimate of drug-likeness (QED) is 0.851. The fraction of sp³-hybridized carbons (Fsp3) is 0.625. The molecule has 2 aliphatic heterocycles. The molecule has 2 aromatic rings. The lowest BCUT2D eigenvalue weighted by Crippen LogP contribution is -2.32. The second kappa shape index (κ2) is 5.39. The molecule has 1 atom stereocenters. The monoisotopic (exact) mass is 286 g/mol. The lowest BCUT2D eigenvalue weighted by Gasteiger charge is -2.31. The van der Waals surface area contributed by atoms with Gasteiger partial charge in [0.1, 0.15) is 17.4 Å². The highest BCUT2D eigenvalue weighted by molar-refractivity contribution is 5.71. The van der Waals surface area contributed by atoms with Crippen molar-refractivity contribution in [2.45, 2.75) is 37.8 Å². The van der Waals surface area contributed by atoms with Gasteiger partial charge >= 0.3 is 0 Å². The fourth-order valence-corrected chi connectivity index (χ4v) is 3.57. The molecular weight excluding hydrogens is 264 g/mol. The highest BCUT2D eigenvalue weighted by Crippen LogP contribution is 2.34. The van der Waals surface area contributed by atoms with Crippen molar-refractivity contribution in [1.82, 2.24) is 19.4 Å². The molecule has 4 heterocycles. The van der Waals surface area contributed by atoms with Gasteiger partial charge in [-0.3, -0.25) is 0 Å². The van der Waals surface area contributed by atoms with E-state index in [1.807, 2.05) is 12.3 Å². The maximum atomic E-state index is 5.90. The number of rotatable bonds is 2. The van der Waals surface area contributed by atoms with Gasteiger partial charge in [0.2, 0.25) is 0 Å². The number of piperidine rings is 1. The molecule has 0 aliphatic carbocycles. The zero-order valence-electron chi connectivity index (χ0n) is 12.5. The minimum Gasteiger partial charge on any atom is -0.370 e. The van der Waals surface area contributed by atoms with E-state index in [-0.39, 0.29) is 6.10 Å². The number of fused-ring (bicyclic) bond motifs is 1. The van der Waals surface area contributed by atoms with Gasteiger partial charge in [0.15, 0.2) is 5.65 Å². The Hall–Kier alpha value is -1.46. The Morgan fingerprint density at radius 3 is 2.86 bits per heavy atom. The topological polar surface area (TPSA) is 43.2 Å².